The molecule has 1 heterocycles. The number of nitrogens with zero attached hydrogens (tertiary/aromatic N) is 1. The van der Waals surface area contributed by atoms with Crippen molar-refractivity contribution in [2.24, 2.45) is 0 Å². The van der Waals surface area contributed by atoms with Crippen LogP contribution in [-0.2, 0) is 14.3 Å². The van der Waals surface area contributed by atoms with Gasteiger partial charge in [0.25, 0.3) is 0 Å². The molecule has 0 bridgehead atoms. The minimum atomic E-state index is -0.193. The van der Waals surface area contributed by atoms with Crippen LogP contribution in [0.2, 0.25) is 0 Å². The van der Waals surface area contributed by atoms with Gasteiger partial charge in [-0.2, -0.15) is 0 Å². The standard InChI is InChI=1S/C15H30N2O3/c1-4-11-20-13-7-6-9-17(12-13)10-8-14(16-5-2)15(18)19-3/h13-14,16H,4-12H2,1-3H3. The topological polar surface area (TPSA) is 50.8 Å². The molecule has 0 spiro atoms. The van der Waals surface area contributed by atoms with Crippen LogP contribution < -0.4 is 5.32 Å². The fourth-order valence-electron chi connectivity index (χ4n) is 2.64. The number of nitrogens with one attached hydrogen (secondary N) is 1. The van der Waals surface area contributed by atoms with E-state index in [9.17, 15) is 4.79 Å². The number of methoxy groups -OCH3 is 1. The lowest BCUT2D eigenvalue weighted by Crippen LogP contribution is -2.44. The van der Waals surface area contributed by atoms with Gasteiger partial charge in [-0.3, -0.25) is 4.79 Å². The molecule has 1 saturated heterocycles. The molecule has 1 rings (SSSR count). The molecule has 0 saturated carbocycles. The van der Waals surface area contributed by atoms with E-state index in [2.05, 4.69) is 17.1 Å². The number of hydrogen-bond acceptors (Lipinski definition) is 5. The highest BCUT2D eigenvalue weighted by atomic mass is 16.5. The van der Waals surface area contributed by atoms with Gasteiger partial charge in [0, 0.05) is 19.7 Å². The summed E-state index contributed by atoms with van der Waals surface area (Å²) in [6.45, 7) is 8.77. The quantitative estimate of drug-likeness (QED) is 0.650. The summed E-state index contributed by atoms with van der Waals surface area (Å²) in [5.74, 6) is -0.164. The van der Waals surface area contributed by atoms with Crippen molar-refractivity contribution in [1.29, 1.82) is 0 Å². The second kappa shape index (κ2) is 10.1. The van der Waals surface area contributed by atoms with Crippen LogP contribution in [0.25, 0.3) is 0 Å². The van der Waals surface area contributed by atoms with Gasteiger partial charge in [-0.25, -0.2) is 0 Å². The third kappa shape index (κ3) is 6.20. The number of ether oxygens (including phenoxy) is 2. The molecule has 1 fully saturated rings. The first-order valence-corrected chi connectivity index (χ1v) is 7.86. The number of hydrogen-bond donors (Lipinski definition) is 1. The van der Waals surface area contributed by atoms with Crippen LogP contribution in [-0.4, -0.2) is 62.9 Å². The average molecular weight is 286 g/mol. The predicted octanol–water partition coefficient (Wildman–Crippen LogP) is 1.42. The minimum Gasteiger partial charge on any atom is -0.468 e. The molecule has 2 atom stereocenters. The highest BCUT2D eigenvalue weighted by Crippen LogP contribution is 2.14. The number of likely N-dealkylation sites (N-methyl/N-ethyl adjacent to an activating group) is 1. The van der Waals surface area contributed by atoms with E-state index in [0.717, 1.165) is 52.0 Å². The molecule has 0 amide bonds. The van der Waals surface area contributed by atoms with E-state index in [0.29, 0.717) is 6.10 Å². The van der Waals surface area contributed by atoms with E-state index in [4.69, 9.17) is 9.47 Å². The Balaban J connectivity index is 2.33. The molecular weight excluding hydrogens is 256 g/mol. The van der Waals surface area contributed by atoms with Crippen molar-refractivity contribution in [2.45, 2.75) is 51.7 Å². The van der Waals surface area contributed by atoms with Crippen molar-refractivity contribution < 1.29 is 14.3 Å². The van der Waals surface area contributed by atoms with Gasteiger partial charge in [-0.05, 0) is 38.8 Å². The van der Waals surface area contributed by atoms with E-state index >= 15 is 0 Å². The van der Waals surface area contributed by atoms with Gasteiger partial charge in [-0.15, -0.1) is 0 Å². The number of piperidine rings is 1. The molecule has 0 radical (unpaired) electrons. The molecule has 5 nitrogen and oxygen atoms in total. The van der Waals surface area contributed by atoms with Crippen LogP contribution in [0.15, 0.2) is 0 Å². The van der Waals surface area contributed by atoms with Crippen molar-refractivity contribution in [1.82, 2.24) is 10.2 Å². The van der Waals surface area contributed by atoms with Crippen LogP contribution in [0.1, 0.15) is 39.5 Å². The van der Waals surface area contributed by atoms with Crippen LogP contribution >= 0.6 is 0 Å². The average Bonchev–Trinajstić information content (AvgIpc) is 2.49. The summed E-state index contributed by atoms with van der Waals surface area (Å²) >= 11 is 0. The molecule has 0 aromatic rings. The second-order valence-electron chi connectivity index (χ2n) is 5.36. The monoisotopic (exact) mass is 286 g/mol. The molecule has 1 aliphatic heterocycles. The van der Waals surface area contributed by atoms with Crippen molar-refractivity contribution >= 4 is 5.97 Å². The summed E-state index contributed by atoms with van der Waals surface area (Å²) < 4.78 is 10.7. The Bertz CT molecular complexity index is 274. The summed E-state index contributed by atoms with van der Waals surface area (Å²) in [5.41, 5.74) is 0. The molecule has 0 aromatic heterocycles. The van der Waals surface area contributed by atoms with Crippen molar-refractivity contribution in [2.75, 3.05) is 39.9 Å². The van der Waals surface area contributed by atoms with E-state index in [1.165, 1.54) is 13.5 Å². The van der Waals surface area contributed by atoms with Crippen LogP contribution in [0.4, 0.5) is 0 Å². The number of carbonyl (C=O) groups excluding carboxylic acids is 1. The maximum Gasteiger partial charge on any atom is 0.322 e. The Labute approximate surface area is 123 Å². The van der Waals surface area contributed by atoms with Crippen molar-refractivity contribution in [3.63, 3.8) is 0 Å². The van der Waals surface area contributed by atoms with Gasteiger partial charge in [-0.1, -0.05) is 13.8 Å². The fourth-order valence-corrected chi connectivity index (χ4v) is 2.64. The van der Waals surface area contributed by atoms with E-state index < -0.39 is 0 Å². The van der Waals surface area contributed by atoms with E-state index in [1.54, 1.807) is 0 Å². The molecule has 0 aliphatic carbocycles. The molecular formula is C15H30N2O3. The Hall–Kier alpha value is -0.650. The first kappa shape index (κ1) is 17.4. The summed E-state index contributed by atoms with van der Waals surface area (Å²) in [7, 11) is 1.45. The lowest BCUT2D eigenvalue weighted by molar-refractivity contribution is -0.143. The van der Waals surface area contributed by atoms with Gasteiger partial charge in [0.05, 0.1) is 13.2 Å². The molecule has 1 aliphatic rings. The molecule has 1 N–H and O–H groups in total. The first-order chi connectivity index (χ1) is 9.71. The summed E-state index contributed by atoms with van der Waals surface area (Å²) in [6, 6.07) is -0.193. The van der Waals surface area contributed by atoms with Gasteiger partial charge >= 0.3 is 5.97 Å². The Morgan fingerprint density at radius 2 is 2.25 bits per heavy atom. The summed E-state index contributed by atoms with van der Waals surface area (Å²) in [5, 5.41) is 3.19. The Kier molecular flexibility index (Phi) is 8.82. The number of esters is 1. The highest BCUT2D eigenvalue weighted by Gasteiger charge is 2.23. The van der Waals surface area contributed by atoms with E-state index in [-0.39, 0.29) is 12.0 Å². The Morgan fingerprint density at radius 3 is 2.90 bits per heavy atom. The third-order valence-corrected chi connectivity index (χ3v) is 3.69. The first-order valence-electron chi connectivity index (χ1n) is 7.86. The molecule has 5 heteroatoms. The zero-order valence-corrected chi connectivity index (χ0v) is 13.2. The zero-order chi connectivity index (χ0) is 14.8. The number of likely N-dealkylation sites (tertiary alicyclic amines) is 1. The molecule has 118 valence electrons. The lowest BCUT2D eigenvalue weighted by atomic mass is 10.1. The van der Waals surface area contributed by atoms with Crippen molar-refractivity contribution in [3.8, 4) is 0 Å². The van der Waals surface area contributed by atoms with Crippen LogP contribution in [0, 0.1) is 0 Å². The molecule has 2 unspecified atom stereocenters. The van der Waals surface area contributed by atoms with Gasteiger partial charge in [0.1, 0.15) is 6.04 Å². The SMILES string of the molecule is CCCOC1CCCN(CCC(NCC)C(=O)OC)C1. The third-order valence-electron chi connectivity index (χ3n) is 3.69. The van der Waals surface area contributed by atoms with E-state index in [1.807, 2.05) is 6.92 Å². The molecule has 0 aromatic carbocycles. The maximum absolute atomic E-state index is 11.7. The molecule has 20 heavy (non-hydrogen) atoms. The summed E-state index contributed by atoms with van der Waals surface area (Å²) in [6.07, 6.45) is 4.56. The van der Waals surface area contributed by atoms with Gasteiger partial charge < -0.3 is 19.7 Å². The van der Waals surface area contributed by atoms with Crippen LogP contribution in [0.3, 0.4) is 0 Å². The van der Waals surface area contributed by atoms with Crippen molar-refractivity contribution in [3.05, 3.63) is 0 Å². The smallest absolute Gasteiger partial charge is 0.322 e. The van der Waals surface area contributed by atoms with Crippen LogP contribution in [0.5, 0.6) is 0 Å². The number of carbonyl (C=O) groups is 1. The maximum atomic E-state index is 11.7. The normalized spacial score (nSPS) is 21.6. The number of rotatable bonds is 9. The lowest BCUT2D eigenvalue weighted by Gasteiger charge is -2.33. The zero-order valence-electron chi connectivity index (χ0n) is 13.2. The Morgan fingerprint density at radius 1 is 1.45 bits per heavy atom. The summed E-state index contributed by atoms with van der Waals surface area (Å²) in [4.78, 5) is 14.1. The van der Waals surface area contributed by atoms with Gasteiger partial charge in [0.15, 0.2) is 0 Å². The predicted molar refractivity (Wildman–Crippen MR) is 79.8 cm³/mol. The fraction of sp³-hybridized carbons (Fsp3) is 0.933. The second-order valence-corrected chi connectivity index (χ2v) is 5.36. The minimum absolute atomic E-state index is 0.164. The highest BCUT2D eigenvalue weighted by molar-refractivity contribution is 5.75. The van der Waals surface area contributed by atoms with Gasteiger partial charge in [0.2, 0.25) is 0 Å². The largest absolute Gasteiger partial charge is 0.468 e.